The number of nitrogens with one attached hydrogen (secondary N) is 1. The first-order valence-electron chi connectivity index (χ1n) is 44.1. The number of rotatable bonds is 84. The van der Waals surface area contributed by atoms with Gasteiger partial charge in [0.15, 0.2) is 0 Å². The topological polar surface area (TPSA) is 95.9 Å². The van der Waals surface area contributed by atoms with Crippen molar-refractivity contribution in [3.63, 3.8) is 0 Å². The molecule has 2 unspecified atom stereocenters. The van der Waals surface area contributed by atoms with Gasteiger partial charge in [-0.3, -0.25) is 9.59 Å². The van der Waals surface area contributed by atoms with E-state index >= 15 is 0 Å². The van der Waals surface area contributed by atoms with E-state index in [2.05, 4.69) is 43.5 Å². The van der Waals surface area contributed by atoms with Crippen molar-refractivity contribution in [2.75, 3.05) is 13.2 Å². The smallest absolute Gasteiger partial charge is 0.305 e. The summed E-state index contributed by atoms with van der Waals surface area (Å²) < 4.78 is 5.52. The summed E-state index contributed by atoms with van der Waals surface area (Å²) in [5, 5.41) is 23.5. The molecule has 0 fully saturated rings. The maximum atomic E-state index is 12.6. The van der Waals surface area contributed by atoms with Crippen LogP contribution in [0.25, 0.3) is 0 Å². The minimum atomic E-state index is -0.661. The van der Waals surface area contributed by atoms with E-state index in [4.69, 9.17) is 4.74 Å². The second-order valence-electron chi connectivity index (χ2n) is 30.6. The highest BCUT2D eigenvalue weighted by molar-refractivity contribution is 5.76. The second-order valence-corrected chi connectivity index (χ2v) is 30.6. The number of hydrogen-bond donors (Lipinski definition) is 3. The molecule has 0 aliphatic rings. The van der Waals surface area contributed by atoms with E-state index in [-0.39, 0.29) is 18.5 Å². The average molecular weight is 1340 g/mol. The summed E-state index contributed by atoms with van der Waals surface area (Å²) in [6, 6.07) is -0.537. The molecule has 0 heterocycles. The van der Waals surface area contributed by atoms with Gasteiger partial charge >= 0.3 is 5.97 Å². The van der Waals surface area contributed by atoms with Crippen LogP contribution in [0.5, 0.6) is 0 Å². The summed E-state index contributed by atoms with van der Waals surface area (Å²) in [7, 11) is 0. The summed E-state index contributed by atoms with van der Waals surface area (Å²) in [6.45, 7) is 4.99. The van der Waals surface area contributed by atoms with Crippen LogP contribution in [0.2, 0.25) is 0 Å². The van der Waals surface area contributed by atoms with Gasteiger partial charge < -0.3 is 20.3 Å². The summed E-state index contributed by atoms with van der Waals surface area (Å²) in [5.41, 5.74) is 0. The van der Waals surface area contributed by atoms with Gasteiger partial charge in [-0.15, -0.1) is 0 Å². The van der Waals surface area contributed by atoms with E-state index in [1.54, 1.807) is 0 Å². The molecule has 0 spiro atoms. The lowest BCUT2D eigenvalue weighted by molar-refractivity contribution is -0.143. The van der Waals surface area contributed by atoms with Crippen molar-refractivity contribution in [3.05, 3.63) is 24.3 Å². The van der Waals surface area contributed by atoms with Gasteiger partial charge in [0, 0.05) is 12.8 Å². The van der Waals surface area contributed by atoms with E-state index in [9.17, 15) is 19.8 Å². The number of allylic oxidation sites excluding steroid dienone is 4. The van der Waals surface area contributed by atoms with Gasteiger partial charge in [-0.1, -0.05) is 462 Å². The minimum absolute atomic E-state index is 0.0214. The van der Waals surface area contributed by atoms with Gasteiger partial charge in [-0.25, -0.2) is 0 Å². The van der Waals surface area contributed by atoms with Crippen LogP contribution in [0.4, 0.5) is 0 Å². The van der Waals surface area contributed by atoms with Gasteiger partial charge in [0.05, 0.1) is 25.4 Å². The predicted molar refractivity (Wildman–Crippen MR) is 421 cm³/mol. The molecule has 0 aliphatic carbocycles. The van der Waals surface area contributed by atoms with Crippen LogP contribution in [-0.4, -0.2) is 47.4 Å². The third kappa shape index (κ3) is 81.2. The molecule has 0 bridgehead atoms. The summed E-state index contributed by atoms with van der Waals surface area (Å²) >= 11 is 0. The number of unbranched alkanes of at least 4 members (excludes halogenated alkanes) is 69. The Hall–Kier alpha value is -1.66. The van der Waals surface area contributed by atoms with E-state index < -0.39 is 12.1 Å². The zero-order valence-electron chi connectivity index (χ0n) is 64.9. The molecule has 0 aromatic rings. The van der Waals surface area contributed by atoms with Crippen molar-refractivity contribution in [1.82, 2.24) is 5.32 Å². The van der Waals surface area contributed by atoms with Crippen LogP contribution in [0, 0.1) is 0 Å². The van der Waals surface area contributed by atoms with Crippen molar-refractivity contribution in [2.24, 2.45) is 0 Å². The average Bonchev–Trinajstić information content (AvgIpc) is 2.96. The van der Waals surface area contributed by atoms with Crippen LogP contribution in [-0.2, 0) is 14.3 Å². The van der Waals surface area contributed by atoms with Crippen molar-refractivity contribution >= 4 is 11.9 Å². The Morgan fingerprint density at radius 1 is 0.295 bits per heavy atom. The van der Waals surface area contributed by atoms with Gasteiger partial charge in [-0.05, 0) is 57.8 Å². The fourth-order valence-electron chi connectivity index (χ4n) is 14.3. The molecule has 0 aromatic carbocycles. The molecule has 6 nitrogen and oxygen atoms in total. The van der Waals surface area contributed by atoms with Crippen LogP contribution in [0.3, 0.4) is 0 Å². The maximum absolute atomic E-state index is 12.6. The number of hydrogen-bond acceptors (Lipinski definition) is 5. The summed E-state index contributed by atoms with van der Waals surface area (Å²) in [5.74, 6) is -0.00166. The number of aliphatic hydroxyl groups is 2. The third-order valence-electron chi connectivity index (χ3n) is 21.0. The number of amides is 1. The molecule has 0 aliphatic heterocycles. The fourth-order valence-corrected chi connectivity index (χ4v) is 14.3. The third-order valence-corrected chi connectivity index (χ3v) is 21.0. The van der Waals surface area contributed by atoms with Crippen molar-refractivity contribution in [3.8, 4) is 0 Å². The highest BCUT2D eigenvalue weighted by Crippen LogP contribution is 2.21. The fraction of sp³-hybridized carbons (Fsp3) is 0.933. The maximum Gasteiger partial charge on any atom is 0.305 e. The van der Waals surface area contributed by atoms with Crippen LogP contribution in [0.15, 0.2) is 24.3 Å². The first-order chi connectivity index (χ1) is 47.0. The van der Waals surface area contributed by atoms with E-state index in [0.717, 1.165) is 44.9 Å². The Bertz CT molecular complexity index is 1500. The molecule has 0 rings (SSSR count). The Morgan fingerprint density at radius 3 is 0.821 bits per heavy atom. The van der Waals surface area contributed by atoms with E-state index in [1.807, 2.05) is 0 Å². The molecule has 3 N–H and O–H groups in total. The lowest BCUT2D eigenvalue weighted by atomic mass is 10.0. The van der Waals surface area contributed by atoms with Crippen LogP contribution in [0.1, 0.15) is 508 Å². The van der Waals surface area contributed by atoms with Crippen LogP contribution < -0.4 is 5.32 Å². The minimum Gasteiger partial charge on any atom is -0.466 e. The first-order valence-corrected chi connectivity index (χ1v) is 44.1. The zero-order valence-corrected chi connectivity index (χ0v) is 64.9. The van der Waals surface area contributed by atoms with Crippen molar-refractivity contribution in [1.29, 1.82) is 0 Å². The lowest BCUT2D eigenvalue weighted by Crippen LogP contribution is -2.45. The number of ether oxygens (including phenoxy) is 1. The van der Waals surface area contributed by atoms with Gasteiger partial charge in [0.1, 0.15) is 0 Å². The molecular weight excluding hydrogens is 1160 g/mol. The second kappa shape index (κ2) is 84.8. The molecule has 2 atom stereocenters. The van der Waals surface area contributed by atoms with Gasteiger partial charge in [0.2, 0.25) is 5.91 Å². The number of carbonyl (C=O) groups is 2. The molecule has 1 amide bonds. The standard InChI is InChI=1S/C89H173NO5/c1-3-5-7-9-11-13-15-17-19-21-23-46-49-53-57-61-65-69-73-77-81-87(92)86(85-91)90-88(93)82-78-74-70-66-62-58-54-50-47-43-41-39-37-35-33-31-29-27-25-24-26-28-30-32-34-36-38-40-42-44-48-52-56-60-64-68-72-76-80-84-95-89(94)83-79-75-71-67-63-59-55-51-45-22-20-18-16-14-12-10-8-6-4-2/h12,14,18,20,86-87,91-92H,3-11,13,15-17,19,21-85H2,1-2H3,(H,90,93)/b14-12-,20-18-. The summed E-state index contributed by atoms with van der Waals surface area (Å²) in [4.78, 5) is 24.7. The Balaban J connectivity index is 3.29. The largest absolute Gasteiger partial charge is 0.466 e. The molecule has 95 heavy (non-hydrogen) atoms. The Morgan fingerprint density at radius 2 is 0.526 bits per heavy atom. The normalized spacial score (nSPS) is 12.5. The zero-order chi connectivity index (χ0) is 68.4. The SMILES string of the molecule is CCCCC/C=C\C/C=C\CCCCCCCCCCCC(=O)OCCCCCCCCCCCCCCCCCCCCCCCCCCCCCCCCCCCCCCCCCC(=O)NC(CO)C(O)CCCCCCCCCCCCCCCCCCCCCC. The van der Waals surface area contributed by atoms with E-state index in [0.29, 0.717) is 25.9 Å². The molecule has 6 heteroatoms. The molecule has 564 valence electrons. The molecule has 0 radical (unpaired) electrons. The summed E-state index contributed by atoms with van der Waals surface area (Å²) in [6.07, 6.45) is 110. The highest BCUT2D eigenvalue weighted by Gasteiger charge is 2.20. The Kier molecular flexibility index (Phi) is 83.3. The first kappa shape index (κ1) is 93.3. The molecular formula is C89H173NO5. The lowest BCUT2D eigenvalue weighted by Gasteiger charge is -2.22. The van der Waals surface area contributed by atoms with Crippen LogP contribution >= 0.6 is 0 Å². The number of carbonyl (C=O) groups excluding carboxylic acids is 2. The van der Waals surface area contributed by atoms with Gasteiger partial charge in [0.25, 0.3) is 0 Å². The van der Waals surface area contributed by atoms with Crippen molar-refractivity contribution in [2.45, 2.75) is 520 Å². The molecule has 0 saturated carbocycles. The van der Waals surface area contributed by atoms with Crippen molar-refractivity contribution < 1.29 is 24.5 Å². The molecule has 0 saturated heterocycles. The molecule has 0 aromatic heterocycles. The predicted octanol–water partition coefficient (Wildman–Crippen LogP) is 29.6. The number of esters is 1. The Labute approximate surface area is 596 Å². The monoisotopic (exact) mass is 1340 g/mol. The highest BCUT2D eigenvalue weighted by atomic mass is 16.5. The van der Waals surface area contributed by atoms with E-state index in [1.165, 1.54) is 430 Å². The van der Waals surface area contributed by atoms with Gasteiger partial charge in [-0.2, -0.15) is 0 Å². The quantitative estimate of drug-likeness (QED) is 0.0320. The number of aliphatic hydroxyl groups excluding tert-OH is 2.